The van der Waals surface area contributed by atoms with Crippen LogP contribution in [0.15, 0.2) is 54.6 Å². The second-order valence-electron chi connectivity index (χ2n) is 3.66. The maximum Gasteiger partial charge on any atom is 0.144 e. The molecule has 0 spiro atoms. The van der Waals surface area contributed by atoms with Crippen molar-refractivity contribution in [1.82, 2.24) is 9.32 Å². The second-order valence-corrected chi connectivity index (χ2v) is 4.18. The highest BCUT2D eigenvalue weighted by molar-refractivity contribution is 7.15. The van der Waals surface area contributed by atoms with Crippen LogP contribution in [0.4, 0.5) is 0 Å². The molecule has 2 nitrogen and oxygen atoms in total. The van der Waals surface area contributed by atoms with E-state index in [1.807, 2.05) is 40.7 Å². The van der Waals surface area contributed by atoms with Crippen molar-refractivity contribution in [1.29, 1.82) is 0 Å². The lowest BCUT2D eigenvalue weighted by molar-refractivity contribution is 1.27. The Bertz CT molecular complexity index is 629. The van der Waals surface area contributed by atoms with Crippen LogP contribution in [0, 0.1) is 0 Å². The first-order valence-corrected chi connectivity index (χ1v) is 5.66. The third kappa shape index (κ3) is 1.43. The number of benzene rings is 2. The van der Waals surface area contributed by atoms with E-state index in [2.05, 4.69) is 32.6 Å². The molecule has 0 aliphatic carbocycles. The van der Waals surface area contributed by atoms with E-state index >= 15 is 0 Å². The molecule has 1 heterocycles. The molecule has 0 fully saturated rings. The summed E-state index contributed by atoms with van der Waals surface area (Å²) >= 11 is 0. The van der Waals surface area contributed by atoms with Gasteiger partial charge in [-0.15, -0.1) is 0 Å². The van der Waals surface area contributed by atoms with Crippen LogP contribution in [0.3, 0.4) is 0 Å². The van der Waals surface area contributed by atoms with Gasteiger partial charge in [0.15, 0.2) is 0 Å². The fraction of sp³-hybridized carbons (Fsp3) is 0. The number of hydrogen-bond donors (Lipinski definition) is 0. The molecule has 3 aromatic rings. The third-order valence-corrected chi connectivity index (χ3v) is 3.15. The fourth-order valence-corrected chi connectivity index (χ4v) is 2.26. The zero-order chi connectivity index (χ0) is 11.0. The van der Waals surface area contributed by atoms with Crippen LogP contribution < -0.4 is 0 Å². The van der Waals surface area contributed by atoms with Crippen molar-refractivity contribution in [3.8, 4) is 11.4 Å². The molecule has 2 aromatic carbocycles. The first kappa shape index (κ1) is 9.56. The summed E-state index contributed by atoms with van der Waals surface area (Å²) in [6, 6.07) is 18.3. The molecule has 0 amide bonds. The number of hydrogen-bond acceptors (Lipinski definition) is 1. The normalized spacial score (nSPS) is 10.8. The van der Waals surface area contributed by atoms with E-state index in [4.69, 9.17) is 0 Å². The summed E-state index contributed by atoms with van der Waals surface area (Å²) in [6.45, 7) is 0. The van der Waals surface area contributed by atoms with Crippen molar-refractivity contribution in [3.63, 3.8) is 0 Å². The fourth-order valence-electron chi connectivity index (χ4n) is 1.84. The van der Waals surface area contributed by atoms with Gasteiger partial charge < -0.3 is 4.34 Å². The van der Waals surface area contributed by atoms with Crippen LogP contribution in [0.5, 0.6) is 0 Å². The second kappa shape index (κ2) is 3.73. The first-order chi connectivity index (χ1) is 7.86. The smallest absolute Gasteiger partial charge is 0.144 e. The van der Waals surface area contributed by atoms with Crippen LogP contribution in [-0.4, -0.2) is 9.32 Å². The lowest BCUT2D eigenvalue weighted by Crippen LogP contribution is -1.85. The number of nitrogens with zero attached hydrogens (tertiary/aromatic N) is 2. The molecule has 3 rings (SSSR count). The predicted octanol–water partition coefficient (Wildman–Crippen LogP) is 3.34. The summed E-state index contributed by atoms with van der Waals surface area (Å²) in [7, 11) is 2.72. The maximum absolute atomic E-state index is 4.62. The summed E-state index contributed by atoms with van der Waals surface area (Å²) in [5.74, 6) is 0.979. The highest BCUT2D eigenvalue weighted by Gasteiger charge is 2.08. The number of imidazole rings is 1. The minimum absolute atomic E-state index is 0.979. The van der Waals surface area contributed by atoms with Crippen molar-refractivity contribution in [2.45, 2.75) is 0 Å². The molecule has 0 saturated heterocycles. The summed E-state index contributed by atoms with van der Waals surface area (Å²) < 4.78 is 2.05. The summed E-state index contributed by atoms with van der Waals surface area (Å²) in [5, 5.41) is 0. The monoisotopic (exact) mass is 226 g/mol. The van der Waals surface area contributed by atoms with Crippen LogP contribution in [0.1, 0.15) is 0 Å². The topological polar surface area (TPSA) is 17.8 Å². The van der Waals surface area contributed by atoms with Gasteiger partial charge >= 0.3 is 0 Å². The zero-order valence-electron chi connectivity index (χ0n) is 8.67. The molecular weight excluding hydrogens is 215 g/mol. The van der Waals surface area contributed by atoms with Gasteiger partial charge in [0, 0.05) is 5.56 Å². The minimum Gasteiger partial charge on any atom is -0.308 e. The van der Waals surface area contributed by atoms with Crippen molar-refractivity contribution in [2.24, 2.45) is 0 Å². The van der Waals surface area contributed by atoms with Gasteiger partial charge in [0.05, 0.1) is 11.0 Å². The summed E-state index contributed by atoms with van der Waals surface area (Å²) in [6.07, 6.45) is 0. The molecule has 0 saturated carbocycles. The van der Waals surface area contributed by atoms with Crippen molar-refractivity contribution < 1.29 is 0 Å². The average Bonchev–Trinajstić information content (AvgIpc) is 2.69. The largest absolute Gasteiger partial charge is 0.308 e. The van der Waals surface area contributed by atoms with Gasteiger partial charge in [-0.25, -0.2) is 4.98 Å². The SMILES string of the molecule is Pn1c(-c2ccccc2)nc2ccccc21. The number of fused-ring (bicyclic) bond motifs is 1. The Kier molecular flexibility index (Phi) is 2.23. The number of aromatic nitrogens is 2. The highest BCUT2D eigenvalue weighted by atomic mass is 31.0. The molecule has 0 aliphatic rings. The third-order valence-electron chi connectivity index (χ3n) is 2.63. The van der Waals surface area contributed by atoms with E-state index in [1.165, 1.54) is 0 Å². The average molecular weight is 226 g/mol. The Labute approximate surface area is 96.2 Å². The standard InChI is InChI=1S/C13H11N2P/c16-15-12-9-5-4-8-11(12)14-13(15)10-6-2-1-3-7-10/h1-9H,16H2. The molecule has 0 bridgehead atoms. The van der Waals surface area contributed by atoms with Gasteiger partial charge in [0.25, 0.3) is 0 Å². The van der Waals surface area contributed by atoms with E-state index in [1.54, 1.807) is 0 Å². The van der Waals surface area contributed by atoms with Crippen LogP contribution >= 0.6 is 9.39 Å². The van der Waals surface area contributed by atoms with Crippen LogP contribution in [0.2, 0.25) is 0 Å². The molecule has 1 aromatic heterocycles. The lowest BCUT2D eigenvalue weighted by atomic mass is 10.2. The quantitative estimate of drug-likeness (QED) is 0.582. The summed E-state index contributed by atoms with van der Waals surface area (Å²) in [5.41, 5.74) is 3.29. The molecule has 78 valence electrons. The zero-order valence-corrected chi connectivity index (χ0v) is 9.82. The van der Waals surface area contributed by atoms with Gasteiger partial charge in [0.1, 0.15) is 5.82 Å². The Morgan fingerprint density at radius 3 is 2.31 bits per heavy atom. The number of para-hydroxylation sites is 2. The van der Waals surface area contributed by atoms with E-state index in [9.17, 15) is 0 Å². The van der Waals surface area contributed by atoms with E-state index in [0.29, 0.717) is 0 Å². The predicted molar refractivity (Wildman–Crippen MR) is 70.3 cm³/mol. The molecule has 1 unspecified atom stereocenters. The first-order valence-electron chi connectivity index (χ1n) is 5.14. The Morgan fingerprint density at radius 1 is 0.875 bits per heavy atom. The minimum atomic E-state index is 0.979. The van der Waals surface area contributed by atoms with Crippen LogP contribution in [0.25, 0.3) is 22.4 Å². The molecule has 1 atom stereocenters. The molecule has 0 radical (unpaired) electrons. The van der Waals surface area contributed by atoms with E-state index in [-0.39, 0.29) is 0 Å². The van der Waals surface area contributed by atoms with Gasteiger partial charge in [-0.1, -0.05) is 42.5 Å². The highest BCUT2D eigenvalue weighted by Crippen LogP contribution is 2.26. The van der Waals surface area contributed by atoms with Crippen molar-refractivity contribution in [3.05, 3.63) is 54.6 Å². The molecule has 0 N–H and O–H groups in total. The van der Waals surface area contributed by atoms with E-state index in [0.717, 1.165) is 22.4 Å². The van der Waals surface area contributed by atoms with Gasteiger partial charge in [-0.2, -0.15) is 0 Å². The lowest BCUT2D eigenvalue weighted by Gasteiger charge is -2.01. The van der Waals surface area contributed by atoms with Gasteiger partial charge in [-0.05, 0) is 21.5 Å². The van der Waals surface area contributed by atoms with Crippen LogP contribution in [-0.2, 0) is 0 Å². The molecule has 3 heteroatoms. The van der Waals surface area contributed by atoms with Gasteiger partial charge in [-0.3, -0.25) is 0 Å². The molecule has 0 aliphatic heterocycles. The Morgan fingerprint density at radius 2 is 1.56 bits per heavy atom. The summed E-state index contributed by atoms with van der Waals surface area (Å²) in [4.78, 5) is 4.62. The number of rotatable bonds is 1. The Hall–Kier alpha value is -1.66. The Balaban J connectivity index is 2.29. The van der Waals surface area contributed by atoms with Gasteiger partial charge in [0.2, 0.25) is 0 Å². The van der Waals surface area contributed by atoms with Crippen molar-refractivity contribution in [2.75, 3.05) is 0 Å². The molecule has 16 heavy (non-hydrogen) atoms. The maximum atomic E-state index is 4.62. The molecular formula is C13H11N2P. The van der Waals surface area contributed by atoms with Crippen molar-refractivity contribution >= 4 is 20.4 Å². The van der Waals surface area contributed by atoms with E-state index < -0.39 is 0 Å².